The molecule has 1 aromatic heterocycles. The lowest BCUT2D eigenvalue weighted by Crippen LogP contribution is -2.41. The molecule has 0 spiro atoms. The van der Waals surface area contributed by atoms with E-state index in [4.69, 9.17) is 0 Å². The molecule has 0 atom stereocenters. The summed E-state index contributed by atoms with van der Waals surface area (Å²) in [6, 6.07) is 8.64. The molecule has 0 fully saturated rings. The first kappa shape index (κ1) is 19.9. The Balaban J connectivity index is 1.79. The van der Waals surface area contributed by atoms with Crippen LogP contribution in [-0.2, 0) is 6.54 Å². The second-order valence-corrected chi connectivity index (χ2v) is 7.23. The van der Waals surface area contributed by atoms with Crippen molar-refractivity contribution in [1.29, 1.82) is 0 Å². The summed E-state index contributed by atoms with van der Waals surface area (Å²) in [5, 5.41) is 9.13. The third kappa shape index (κ3) is 6.15. The second kappa shape index (κ2) is 9.91. The van der Waals surface area contributed by atoms with Crippen LogP contribution in [0.15, 0.2) is 35.3 Å². The van der Waals surface area contributed by atoms with Crippen molar-refractivity contribution >= 4 is 23.2 Å². The Labute approximate surface area is 157 Å². The van der Waals surface area contributed by atoms with E-state index >= 15 is 0 Å². The highest BCUT2D eigenvalue weighted by atomic mass is 32.1. The molecule has 1 aromatic carbocycles. The van der Waals surface area contributed by atoms with Crippen molar-refractivity contribution in [3.8, 4) is 0 Å². The summed E-state index contributed by atoms with van der Waals surface area (Å²) in [6.07, 6.45) is 0. The SMILES string of the molecule is CCNC(=NCc1ccc(C)s1)NCCNC(=O)c1ccc(C)c(F)c1. The van der Waals surface area contributed by atoms with E-state index in [1.807, 2.05) is 6.92 Å². The molecule has 140 valence electrons. The van der Waals surface area contributed by atoms with E-state index < -0.39 is 0 Å². The number of benzene rings is 1. The fourth-order valence-corrected chi connectivity index (χ4v) is 3.08. The topological polar surface area (TPSA) is 65.5 Å². The highest BCUT2D eigenvalue weighted by molar-refractivity contribution is 7.11. The fourth-order valence-electron chi connectivity index (χ4n) is 2.26. The maximum absolute atomic E-state index is 13.5. The molecule has 7 heteroatoms. The van der Waals surface area contributed by atoms with Gasteiger partial charge in [-0.25, -0.2) is 9.38 Å². The average molecular weight is 377 g/mol. The fraction of sp³-hybridized carbons (Fsp3) is 0.368. The number of guanidine groups is 1. The van der Waals surface area contributed by atoms with E-state index in [0.29, 0.717) is 36.7 Å². The van der Waals surface area contributed by atoms with Crippen LogP contribution in [0.3, 0.4) is 0 Å². The number of nitrogens with one attached hydrogen (secondary N) is 3. The van der Waals surface area contributed by atoms with Gasteiger partial charge in [-0.2, -0.15) is 0 Å². The van der Waals surface area contributed by atoms with Gasteiger partial charge < -0.3 is 16.0 Å². The van der Waals surface area contributed by atoms with Crippen molar-refractivity contribution in [2.24, 2.45) is 4.99 Å². The van der Waals surface area contributed by atoms with Gasteiger partial charge in [0.25, 0.3) is 5.91 Å². The standard InChI is InChI=1S/C19H25FN4OS/c1-4-21-19(24-12-16-8-6-14(3)26-16)23-10-9-22-18(25)15-7-5-13(2)17(20)11-15/h5-8,11H,4,9-10,12H2,1-3H3,(H,22,25)(H2,21,23,24). The quantitative estimate of drug-likeness (QED) is 0.395. The zero-order valence-electron chi connectivity index (χ0n) is 15.4. The average Bonchev–Trinajstić information content (AvgIpc) is 3.04. The maximum Gasteiger partial charge on any atom is 0.251 e. The summed E-state index contributed by atoms with van der Waals surface area (Å²) in [7, 11) is 0. The molecule has 26 heavy (non-hydrogen) atoms. The van der Waals surface area contributed by atoms with Crippen LogP contribution in [-0.4, -0.2) is 31.5 Å². The van der Waals surface area contributed by atoms with Crippen molar-refractivity contribution < 1.29 is 9.18 Å². The molecule has 0 bridgehead atoms. The first-order chi connectivity index (χ1) is 12.5. The highest BCUT2D eigenvalue weighted by Crippen LogP contribution is 2.15. The van der Waals surface area contributed by atoms with E-state index in [0.717, 1.165) is 6.54 Å². The smallest absolute Gasteiger partial charge is 0.251 e. The van der Waals surface area contributed by atoms with Crippen LogP contribution in [0.4, 0.5) is 4.39 Å². The molecule has 2 aromatic rings. The van der Waals surface area contributed by atoms with E-state index in [-0.39, 0.29) is 11.7 Å². The lowest BCUT2D eigenvalue weighted by atomic mass is 10.1. The van der Waals surface area contributed by atoms with Crippen molar-refractivity contribution in [1.82, 2.24) is 16.0 Å². The van der Waals surface area contributed by atoms with E-state index in [2.05, 4.69) is 40.0 Å². The minimum absolute atomic E-state index is 0.290. The molecule has 0 aliphatic rings. The van der Waals surface area contributed by atoms with Crippen LogP contribution in [0, 0.1) is 19.7 Å². The summed E-state index contributed by atoms with van der Waals surface area (Å²) in [4.78, 5) is 19.0. The summed E-state index contributed by atoms with van der Waals surface area (Å²) in [5.41, 5.74) is 0.845. The minimum Gasteiger partial charge on any atom is -0.357 e. The largest absolute Gasteiger partial charge is 0.357 e. The van der Waals surface area contributed by atoms with Gasteiger partial charge in [0, 0.05) is 35.0 Å². The maximum atomic E-state index is 13.5. The number of halogens is 1. The molecule has 0 saturated heterocycles. The first-order valence-corrected chi connectivity index (χ1v) is 9.43. The van der Waals surface area contributed by atoms with Crippen LogP contribution >= 0.6 is 11.3 Å². The van der Waals surface area contributed by atoms with Crippen molar-refractivity contribution in [2.75, 3.05) is 19.6 Å². The lowest BCUT2D eigenvalue weighted by Gasteiger charge is -2.12. The zero-order chi connectivity index (χ0) is 18.9. The number of aryl methyl sites for hydroxylation is 2. The van der Waals surface area contributed by atoms with Gasteiger partial charge in [-0.15, -0.1) is 11.3 Å². The number of carbonyl (C=O) groups excluding carboxylic acids is 1. The van der Waals surface area contributed by atoms with Gasteiger partial charge in [0.2, 0.25) is 0 Å². The molecule has 1 heterocycles. The molecule has 0 unspecified atom stereocenters. The predicted octanol–water partition coefficient (Wildman–Crippen LogP) is 2.99. The summed E-state index contributed by atoms with van der Waals surface area (Å²) in [5.74, 6) is 0.0389. The third-order valence-electron chi connectivity index (χ3n) is 3.67. The van der Waals surface area contributed by atoms with Gasteiger partial charge >= 0.3 is 0 Å². The zero-order valence-corrected chi connectivity index (χ0v) is 16.2. The Kier molecular flexibility index (Phi) is 7.59. The Morgan fingerprint density at radius 1 is 1.12 bits per heavy atom. The molecule has 5 nitrogen and oxygen atoms in total. The number of rotatable bonds is 7. The Hall–Kier alpha value is -2.41. The molecule has 0 aliphatic carbocycles. The number of hydrogen-bond acceptors (Lipinski definition) is 3. The third-order valence-corrected chi connectivity index (χ3v) is 4.66. The van der Waals surface area contributed by atoms with Crippen LogP contribution in [0.25, 0.3) is 0 Å². The second-order valence-electron chi connectivity index (χ2n) is 5.85. The number of carbonyl (C=O) groups is 1. The summed E-state index contributed by atoms with van der Waals surface area (Å²) in [6.45, 7) is 8.05. The van der Waals surface area contributed by atoms with Crippen LogP contribution in [0.1, 0.15) is 32.6 Å². The number of nitrogens with zero attached hydrogens (tertiary/aromatic N) is 1. The van der Waals surface area contributed by atoms with Crippen molar-refractivity contribution in [3.63, 3.8) is 0 Å². The van der Waals surface area contributed by atoms with Crippen LogP contribution in [0.2, 0.25) is 0 Å². The first-order valence-electron chi connectivity index (χ1n) is 8.61. The van der Waals surface area contributed by atoms with Crippen LogP contribution < -0.4 is 16.0 Å². The molecule has 3 N–H and O–H groups in total. The summed E-state index contributed by atoms with van der Waals surface area (Å²) >= 11 is 1.73. The molecule has 0 aliphatic heterocycles. The Bertz CT molecular complexity index is 773. The normalized spacial score (nSPS) is 11.3. The lowest BCUT2D eigenvalue weighted by molar-refractivity contribution is 0.0954. The van der Waals surface area contributed by atoms with E-state index in [1.165, 1.54) is 15.8 Å². The molecule has 2 rings (SSSR count). The Morgan fingerprint density at radius 3 is 2.54 bits per heavy atom. The molecule has 0 saturated carbocycles. The monoisotopic (exact) mass is 376 g/mol. The number of hydrogen-bond donors (Lipinski definition) is 3. The highest BCUT2D eigenvalue weighted by Gasteiger charge is 2.07. The van der Waals surface area contributed by atoms with E-state index in [1.54, 1.807) is 30.4 Å². The van der Waals surface area contributed by atoms with Gasteiger partial charge in [0.1, 0.15) is 5.82 Å². The van der Waals surface area contributed by atoms with Crippen molar-refractivity contribution in [2.45, 2.75) is 27.3 Å². The van der Waals surface area contributed by atoms with Gasteiger partial charge in [-0.1, -0.05) is 6.07 Å². The Morgan fingerprint density at radius 2 is 1.88 bits per heavy atom. The molecule has 0 radical (unpaired) electrons. The van der Waals surface area contributed by atoms with Crippen LogP contribution in [0.5, 0.6) is 0 Å². The number of aliphatic imine (C=N–C) groups is 1. The molecular formula is C19H25FN4OS. The van der Waals surface area contributed by atoms with E-state index in [9.17, 15) is 9.18 Å². The number of thiophene rings is 1. The summed E-state index contributed by atoms with van der Waals surface area (Å²) < 4.78 is 13.5. The van der Waals surface area contributed by atoms with Gasteiger partial charge in [0.15, 0.2) is 5.96 Å². The van der Waals surface area contributed by atoms with Crippen molar-refractivity contribution in [3.05, 3.63) is 57.0 Å². The molecular weight excluding hydrogens is 351 g/mol. The minimum atomic E-state index is -0.374. The van der Waals surface area contributed by atoms with Gasteiger partial charge in [0.05, 0.1) is 6.54 Å². The predicted molar refractivity (Wildman–Crippen MR) is 105 cm³/mol. The van der Waals surface area contributed by atoms with Gasteiger partial charge in [-0.05, 0) is 50.6 Å². The molecule has 1 amide bonds. The van der Waals surface area contributed by atoms with Gasteiger partial charge in [-0.3, -0.25) is 4.79 Å². The number of amides is 1.